The van der Waals surface area contributed by atoms with Crippen molar-refractivity contribution in [2.24, 2.45) is 16.7 Å². The highest BCUT2D eigenvalue weighted by Crippen LogP contribution is 2.55. The molecule has 374 valence electrons. The van der Waals surface area contributed by atoms with Crippen molar-refractivity contribution in [3.05, 3.63) is 83.7 Å². The number of phenolic OH excluding ortho intramolecular Hbond substituents is 1. The molecular weight excluding hydrogens is 895 g/mol. The third-order valence-electron chi connectivity index (χ3n) is 16.4. The van der Waals surface area contributed by atoms with E-state index < -0.39 is 23.6 Å². The van der Waals surface area contributed by atoms with Crippen LogP contribution in [0.15, 0.2) is 67.0 Å². The number of nitrogens with one attached hydrogen (secondary N) is 3. The Morgan fingerprint density at radius 3 is 2.34 bits per heavy atom. The number of rotatable bonds is 10. The standard InChI is InChI=1S/C55H69N11O5/c1-5-8-35-11-13-36(14-12-35)29-57-51(70)46-25-42(67)34-66(46)52(71)48(54(2,3)4)60-50(69)38-15-19-55(20-16-38)27-40(28-55)63-21-17-37(18-22-63)39-30-58-53(59-31-39)64-23-24-65-41(33-64)32-56-49-45(65)26-44(61-62-49)43-9-6-7-10-47(43)68/h6-7,9-14,26,30-31,37-38,40-42,46,48,67-68H,15-25,27-29,32-34H2,1-4H3,(H,56,62)(H,57,70)(H,60,69)/t38?,40?,41-,42+,46-,48+,55?/m0/s1. The second-order valence-corrected chi connectivity index (χ2v) is 22.1. The molecule has 4 atom stereocenters. The van der Waals surface area contributed by atoms with Gasteiger partial charge in [-0.15, -0.1) is 16.1 Å². The lowest BCUT2D eigenvalue weighted by Gasteiger charge is -2.55. The molecule has 16 nitrogen and oxygen atoms in total. The lowest BCUT2D eigenvalue weighted by molar-refractivity contribution is -0.145. The molecule has 6 aliphatic rings. The Kier molecular flexibility index (Phi) is 13.7. The summed E-state index contributed by atoms with van der Waals surface area (Å²) in [5.41, 5.74) is 5.01. The van der Waals surface area contributed by atoms with Crippen LogP contribution in [0.2, 0.25) is 0 Å². The molecule has 4 aliphatic heterocycles. The van der Waals surface area contributed by atoms with Gasteiger partial charge in [-0.2, -0.15) is 0 Å². The first kappa shape index (κ1) is 48.3. The largest absolute Gasteiger partial charge is 0.507 e. The molecule has 4 aromatic rings. The van der Waals surface area contributed by atoms with Crippen molar-refractivity contribution < 1.29 is 24.6 Å². The van der Waals surface area contributed by atoms with Crippen molar-refractivity contribution >= 4 is 35.2 Å². The lowest BCUT2D eigenvalue weighted by Crippen LogP contribution is -2.59. The molecule has 3 saturated heterocycles. The highest BCUT2D eigenvalue weighted by molar-refractivity contribution is 5.93. The molecule has 16 heteroatoms. The van der Waals surface area contributed by atoms with E-state index in [0.29, 0.717) is 29.8 Å². The summed E-state index contributed by atoms with van der Waals surface area (Å²) >= 11 is 0. The third-order valence-corrected chi connectivity index (χ3v) is 16.4. The quantitative estimate of drug-likeness (QED) is 0.126. The molecule has 6 heterocycles. The van der Waals surface area contributed by atoms with Crippen LogP contribution < -0.4 is 25.8 Å². The molecule has 5 N–H and O–H groups in total. The molecule has 2 saturated carbocycles. The summed E-state index contributed by atoms with van der Waals surface area (Å²) in [4.78, 5) is 60.3. The number of likely N-dealkylation sites (tertiary alicyclic amines) is 2. The van der Waals surface area contributed by atoms with Crippen molar-refractivity contribution in [1.82, 2.24) is 40.6 Å². The van der Waals surface area contributed by atoms with Gasteiger partial charge < -0.3 is 45.8 Å². The minimum atomic E-state index is -0.835. The molecule has 2 aromatic heterocycles. The number of carbonyl (C=O) groups is 3. The van der Waals surface area contributed by atoms with Gasteiger partial charge in [-0.1, -0.05) is 51.0 Å². The number of carbonyl (C=O) groups excluding carboxylic acids is 3. The fourth-order valence-corrected chi connectivity index (χ4v) is 12.2. The summed E-state index contributed by atoms with van der Waals surface area (Å²) in [6.07, 6.45) is 11.6. The van der Waals surface area contributed by atoms with E-state index in [1.165, 1.54) is 23.3 Å². The second kappa shape index (κ2) is 20.1. The minimum Gasteiger partial charge on any atom is -0.507 e. The average molecular weight is 964 g/mol. The topological polar surface area (TPSA) is 192 Å². The minimum absolute atomic E-state index is 0.0492. The van der Waals surface area contributed by atoms with Gasteiger partial charge >= 0.3 is 0 Å². The number of amides is 3. The first-order valence-electron chi connectivity index (χ1n) is 25.8. The molecule has 3 amide bonds. The fourth-order valence-electron chi connectivity index (χ4n) is 12.2. The Morgan fingerprint density at radius 2 is 1.63 bits per heavy atom. The molecule has 2 aliphatic carbocycles. The number of phenols is 1. The molecule has 1 spiro atoms. The number of benzene rings is 2. The van der Waals surface area contributed by atoms with Crippen LogP contribution in [-0.4, -0.2) is 134 Å². The monoisotopic (exact) mass is 964 g/mol. The van der Waals surface area contributed by atoms with Gasteiger partial charge in [-0.3, -0.25) is 14.4 Å². The Labute approximate surface area is 417 Å². The Balaban J connectivity index is 0.666. The lowest BCUT2D eigenvalue weighted by atomic mass is 9.56. The van der Waals surface area contributed by atoms with E-state index in [1.54, 1.807) is 19.1 Å². The third kappa shape index (κ3) is 10.3. The molecule has 0 bridgehead atoms. The number of aromatic hydroxyl groups is 1. The first-order valence-corrected chi connectivity index (χ1v) is 25.8. The van der Waals surface area contributed by atoms with Crippen molar-refractivity contribution in [1.29, 1.82) is 0 Å². The fraction of sp³-hybridized carbons (Fsp3) is 0.545. The summed E-state index contributed by atoms with van der Waals surface area (Å²) in [7, 11) is 0. The second-order valence-electron chi connectivity index (χ2n) is 22.1. The van der Waals surface area contributed by atoms with E-state index in [9.17, 15) is 24.6 Å². The van der Waals surface area contributed by atoms with Gasteiger partial charge in [0, 0.05) is 81.2 Å². The number of para-hydroxylation sites is 1. The highest BCUT2D eigenvalue weighted by atomic mass is 16.3. The van der Waals surface area contributed by atoms with Gasteiger partial charge in [-0.25, -0.2) is 9.97 Å². The van der Waals surface area contributed by atoms with Crippen molar-refractivity contribution in [3.8, 4) is 28.8 Å². The maximum absolute atomic E-state index is 14.3. The van der Waals surface area contributed by atoms with Crippen LogP contribution in [-0.2, 0) is 20.9 Å². The molecule has 10 rings (SSSR count). The van der Waals surface area contributed by atoms with Crippen LogP contribution in [0.25, 0.3) is 11.3 Å². The van der Waals surface area contributed by atoms with Crippen LogP contribution in [0, 0.1) is 28.6 Å². The number of aliphatic hydroxyl groups is 1. The van der Waals surface area contributed by atoms with Gasteiger partial charge in [-0.05, 0) is 130 Å². The predicted octanol–water partition coefficient (Wildman–Crippen LogP) is 5.46. The first-order chi connectivity index (χ1) is 34.2. The summed E-state index contributed by atoms with van der Waals surface area (Å²) in [5, 5.41) is 39.5. The average Bonchev–Trinajstić information content (AvgIpc) is 3.78. The van der Waals surface area contributed by atoms with E-state index in [0.717, 1.165) is 106 Å². The van der Waals surface area contributed by atoms with Crippen LogP contribution in [0.5, 0.6) is 5.75 Å². The number of aliphatic hydroxyl groups excluding tert-OH is 1. The Bertz CT molecular complexity index is 2640. The molecule has 71 heavy (non-hydrogen) atoms. The molecule has 0 radical (unpaired) electrons. The number of piperazine rings is 1. The Morgan fingerprint density at radius 1 is 0.901 bits per heavy atom. The summed E-state index contributed by atoms with van der Waals surface area (Å²) < 4.78 is 0. The number of hydrogen-bond donors (Lipinski definition) is 5. The van der Waals surface area contributed by atoms with Crippen LogP contribution in [0.1, 0.15) is 108 Å². The van der Waals surface area contributed by atoms with Gasteiger partial charge in [0.05, 0.1) is 23.5 Å². The van der Waals surface area contributed by atoms with Crippen LogP contribution in [0.3, 0.4) is 0 Å². The van der Waals surface area contributed by atoms with E-state index in [1.807, 2.05) is 75.6 Å². The van der Waals surface area contributed by atoms with Crippen molar-refractivity contribution in [3.63, 3.8) is 0 Å². The summed E-state index contributed by atoms with van der Waals surface area (Å²) in [5.74, 6) is 7.16. The summed E-state index contributed by atoms with van der Waals surface area (Å²) in [6.45, 7) is 13.2. The molecule has 5 fully saturated rings. The zero-order valence-electron chi connectivity index (χ0n) is 41.6. The number of β-amino-alcohol motifs (C(OH)–C–C–N with tert-alkyl or cyclic N) is 1. The van der Waals surface area contributed by atoms with Crippen molar-refractivity contribution in [2.45, 2.75) is 128 Å². The van der Waals surface area contributed by atoms with E-state index in [4.69, 9.17) is 9.97 Å². The Hall–Kier alpha value is -6.31. The molecule has 2 aromatic carbocycles. The number of piperidine rings is 1. The zero-order valence-corrected chi connectivity index (χ0v) is 41.6. The SMILES string of the molecule is CC#Cc1ccc(CNC(=O)[C@@H]2C[C@@H](O)CN2C(=O)[C@@H](NC(=O)C2CCC3(CC2)CC(N2CCC(c4cnc(N5CCN6c7cc(-c8ccccc8O)nnc7NC[C@H]6C5)nc4)CC2)C3)C(C)(C)C)cc1. The van der Waals surface area contributed by atoms with E-state index in [-0.39, 0.29) is 53.8 Å². The number of anilines is 3. The smallest absolute Gasteiger partial charge is 0.246 e. The normalized spacial score (nSPS) is 26.0. The van der Waals surface area contributed by atoms with Gasteiger partial charge in [0.15, 0.2) is 5.82 Å². The molecular formula is C55H69N11O5. The number of nitrogens with zero attached hydrogens (tertiary/aromatic N) is 8. The highest BCUT2D eigenvalue weighted by Gasteiger charge is 2.50. The van der Waals surface area contributed by atoms with E-state index in [2.05, 4.69) is 52.7 Å². The zero-order chi connectivity index (χ0) is 49.4. The van der Waals surface area contributed by atoms with Crippen LogP contribution in [0.4, 0.5) is 17.5 Å². The van der Waals surface area contributed by atoms with Crippen LogP contribution >= 0.6 is 0 Å². The summed E-state index contributed by atoms with van der Waals surface area (Å²) in [6, 6.07) is 16.0. The molecule has 0 unspecified atom stereocenters. The van der Waals surface area contributed by atoms with Gasteiger partial charge in [0.25, 0.3) is 0 Å². The number of fused-ring (bicyclic) bond motifs is 3. The van der Waals surface area contributed by atoms with E-state index >= 15 is 0 Å². The van der Waals surface area contributed by atoms with Gasteiger partial charge in [0.2, 0.25) is 23.7 Å². The predicted molar refractivity (Wildman–Crippen MR) is 272 cm³/mol. The van der Waals surface area contributed by atoms with Gasteiger partial charge in [0.1, 0.15) is 17.8 Å². The number of hydrogen-bond acceptors (Lipinski definition) is 13. The maximum Gasteiger partial charge on any atom is 0.246 e. The van der Waals surface area contributed by atoms with Crippen molar-refractivity contribution in [2.75, 3.05) is 60.9 Å². The maximum atomic E-state index is 14.3. The number of aromatic nitrogens is 4.